The number of urea groups is 1. The Morgan fingerprint density at radius 3 is 2.52 bits per heavy atom. The zero-order chi connectivity index (χ0) is 15.7. The molecule has 0 radical (unpaired) electrons. The van der Waals surface area contributed by atoms with E-state index in [-0.39, 0.29) is 31.0 Å². The van der Waals surface area contributed by atoms with Gasteiger partial charge in [0.15, 0.2) is 0 Å². The highest BCUT2D eigenvalue weighted by Crippen LogP contribution is 2.27. The van der Waals surface area contributed by atoms with Crippen molar-refractivity contribution in [3.63, 3.8) is 0 Å². The number of hydrogen-bond acceptors (Lipinski definition) is 4. The Morgan fingerprint density at radius 1 is 1.29 bits per heavy atom. The highest BCUT2D eigenvalue weighted by atomic mass is 32.2. The fraction of sp³-hybridized carbons (Fsp3) is 0.923. The zero-order valence-corrected chi connectivity index (χ0v) is 13.4. The molecule has 8 heteroatoms. The molecule has 0 aromatic heterocycles. The van der Waals surface area contributed by atoms with Crippen LogP contribution in [0.25, 0.3) is 0 Å². The van der Waals surface area contributed by atoms with Crippen LogP contribution in [0.15, 0.2) is 0 Å². The molecule has 1 fully saturated rings. The molecule has 124 valence electrons. The van der Waals surface area contributed by atoms with Crippen LogP contribution in [0.4, 0.5) is 4.79 Å². The number of carbonyl (C=O) groups excluding carboxylic acids is 1. The van der Waals surface area contributed by atoms with E-state index in [4.69, 9.17) is 5.11 Å². The van der Waals surface area contributed by atoms with Gasteiger partial charge >= 0.3 is 6.03 Å². The summed E-state index contributed by atoms with van der Waals surface area (Å²) >= 11 is 0. The van der Waals surface area contributed by atoms with Crippen LogP contribution in [0.1, 0.15) is 38.5 Å². The van der Waals surface area contributed by atoms with Crippen LogP contribution in [0.5, 0.6) is 0 Å². The van der Waals surface area contributed by atoms with Gasteiger partial charge in [-0.3, -0.25) is 0 Å². The van der Waals surface area contributed by atoms with Crippen molar-refractivity contribution in [2.24, 2.45) is 5.92 Å². The normalized spacial score (nSPS) is 18.2. The van der Waals surface area contributed by atoms with Gasteiger partial charge in [-0.1, -0.05) is 19.3 Å². The van der Waals surface area contributed by atoms with Crippen molar-refractivity contribution in [3.8, 4) is 0 Å². The molecule has 1 unspecified atom stereocenters. The Balaban J connectivity index is 2.37. The van der Waals surface area contributed by atoms with Gasteiger partial charge in [0, 0.05) is 19.2 Å². The minimum absolute atomic E-state index is 0.0373. The second kappa shape index (κ2) is 9.22. The number of nitrogens with one attached hydrogen (secondary N) is 3. The van der Waals surface area contributed by atoms with Crippen molar-refractivity contribution >= 4 is 16.1 Å². The molecule has 0 aromatic carbocycles. The Morgan fingerprint density at radius 2 is 1.95 bits per heavy atom. The fourth-order valence-corrected chi connectivity index (χ4v) is 3.30. The third-order valence-electron chi connectivity index (χ3n) is 3.94. The van der Waals surface area contributed by atoms with Crippen molar-refractivity contribution in [1.29, 1.82) is 0 Å². The lowest BCUT2D eigenvalue weighted by molar-refractivity contribution is 0.197. The van der Waals surface area contributed by atoms with Gasteiger partial charge < -0.3 is 15.7 Å². The van der Waals surface area contributed by atoms with E-state index in [1.54, 1.807) is 0 Å². The van der Waals surface area contributed by atoms with Crippen LogP contribution in [-0.4, -0.2) is 51.5 Å². The molecule has 1 atom stereocenters. The summed E-state index contributed by atoms with van der Waals surface area (Å²) in [7, 11) is -1.96. The number of hydrogen-bond donors (Lipinski definition) is 4. The van der Waals surface area contributed by atoms with Crippen molar-refractivity contribution in [2.75, 3.05) is 26.0 Å². The molecule has 0 saturated heterocycles. The summed E-state index contributed by atoms with van der Waals surface area (Å²) in [4.78, 5) is 11.8. The molecule has 7 nitrogen and oxygen atoms in total. The first-order valence-electron chi connectivity index (χ1n) is 7.55. The summed E-state index contributed by atoms with van der Waals surface area (Å²) < 4.78 is 24.7. The van der Waals surface area contributed by atoms with E-state index < -0.39 is 10.0 Å². The first-order chi connectivity index (χ1) is 9.98. The maximum absolute atomic E-state index is 11.8. The van der Waals surface area contributed by atoms with Crippen LogP contribution in [0.2, 0.25) is 0 Å². The maximum atomic E-state index is 11.8. The van der Waals surface area contributed by atoms with E-state index in [9.17, 15) is 13.2 Å². The predicted molar refractivity (Wildman–Crippen MR) is 81.4 cm³/mol. The first-order valence-corrected chi connectivity index (χ1v) is 9.20. The van der Waals surface area contributed by atoms with Crippen molar-refractivity contribution in [1.82, 2.24) is 15.4 Å². The van der Waals surface area contributed by atoms with Crippen LogP contribution >= 0.6 is 0 Å². The second-order valence-electron chi connectivity index (χ2n) is 5.44. The maximum Gasteiger partial charge on any atom is 0.315 e. The Kier molecular flexibility index (Phi) is 7.98. The molecule has 0 aromatic rings. The number of carbonyl (C=O) groups is 1. The van der Waals surface area contributed by atoms with E-state index in [0.717, 1.165) is 25.7 Å². The van der Waals surface area contributed by atoms with Crippen LogP contribution in [-0.2, 0) is 10.0 Å². The molecule has 0 heterocycles. The van der Waals surface area contributed by atoms with E-state index >= 15 is 0 Å². The SMILES string of the molecule is CNS(=O)(=O)CCNC(=O)NC(CCO)C1CCCCC1. The molecule has 0 spiro atoms. The minimum Gasteiger partial charge on any atom is -0.396 e. The van der Waals surface area contributed by atoms with Gasteiger partial charge in [0.2, 0.25) is 10.0 Å². The van der Waals surface area contributed by atoms with Gasteiger partial charge in [0.05, 0.1) is 5.75 Å². The largest absolute Gasteiger partial charge is 0.396 e. The molecule has 1 aliphatic rings. The molecule has 1 saturated carbocycles. The number of rotatable bonds is 8. The number of sulfonamides is 1. The third-order valence-corrected chi connectivity index (χ3v) is 5.31. The summed E-state index contributed by atoms with van der Waals surface area (Å²) in [5.41, 5.74) is 0. The van der Waals surface area contributed by atoms with Crippen LogP contribution in [0, 0.1) is 5.92 Å². The monoisotopic (exact) mass is 321 g/mol. The Bertz CT molecular complexity index is 408. The smallest absolute Gasteiger partial charge is 0.315 e. The van der Waals surface area contributed by atoms with Gasteiger partial charge in [-0.05, 0) is 32.2 Å². The summed E-state index contributed by atoms with van der Waals surface area (Å²) in [6.07, 6.45) is 6.23. The molecule has 0 bridgehead atoms. The average molecular weight is 321 g/mol. The van der Waals surface area contributed by atoms with Gasteiger partial charge in [0.25, 0.3) is 0 Å². The van der Waals surface area contributed by atoms with Crippen molar-refractivity contribution < 1.29 is 18.3 Å². The van der Waals surface area contributed by atoms with Crippen LogP contribution < -0.4 is 15.4 Å². The van der Waals surface area contributed by atoms with E-state index in [1.165, 1.54) is 13.5 Å². The minimum atomic E-state index is -3.31. The molecule has 4 N–H and O–H groups in total. The number of amides is 2. The molecular formula is C13H27N3O4S. The van der Waals surface area contributed by atoms with E-state index in [0.29, 0.717) is 12.3 Å². The molecule has 1 aliphatic carbocycles. The van der Waals surface area contributed by atoms with Gasteiger partial charge in [-0.2, -0.15) is 0 Å². The highest BCUT2D eigenvalue weighted by Gasteiger charge is 2.24. The zero-order valence-electron chi connectivity index (χ0n) is 12.6. The molecular weight excluding hydrogens is 294 g/mol. The lowest BCUT2D eigenvalue weighted by Gasteiger charge is -2.30. The van der Waals surface area contributed by atoms with Crippen molar-refractivity contribution in [3.05, 3.63) is 0 Å². The number of aliphatic hydroxyl groups is 1. The van der Waals surface area contributed by atoms with E-state index in [2.05, 4.69) is 15.4 Å². The topological polar surface area (TPSA) is 108 Å². The molecule has 2 amide bonds. The quantitative estimate of drug-likeness (QED) is 0.511. The predicted octanol–water partition coefficient (Wildman–Crippen LogP) is 0.166. The standard InChI is InChI=1S/C13H27N3O4S/c1-14-21(19,20)10-8-15-13(18)16-12(7-9-17)11-5-3-2-4-6-11/h11-12,14,17H,2-10H2,1H3,(H2,15,16,18). The summed E-state index contributed by atoms with van der Waals surface area (Å²) in [6.45, 7) is 0.0983. The second-order valence-corrected chi connectivity index (χ2v) is 7.49. The van der Waals surface area contributed by atoms with Crippen LogP contribution in [0.3, 0.4) is 0 Å². The first kappa shape index (κ1) is 18.2. The summed E-state index contributed by atoms with van der Waals surface area (Å²) in [5.74, 6) is 0.253. The number of aliphatic hydroxyl groups excluding tert-OH is 1. The lowest BCUT2D eigenvalue weighted by Crippen LogP contribution is -2.47. The Labute approximate surface area is 126 Å². The van der Waals surface area contributed by atoms with Gasteiger partial charge in [-0.15, -0.1) is 0 Å². The fourth-order valence-electron chi connectivity index (χ4n) is 2.72. The highest BCUT2D eigenvalue weighted by molar-refractivity contribution is 7.89. The van der Waals surface area contributed by atoms with Gasteiger partial charge in [0.1, 0.15) is 0 Å². The average Bonchev–Trinajstić information content (AvgIpc) is 2.47. The third kappa shape index (κ3) is 7.10. The van der Waals surface area contributed by atoms with Gasteiger partial charge in [-0.25, -0.2) is 17.9 Å². The molecule has 1 rings (SSSR count). The van der Waals surface area contributed by atoms with E-state index in [1.807, 2.05) is 0 Å². The molecule has 21 heavy (non-hydrogen) atoms. The summed E-state index contributed by atoms with van der Waals surface area (Å²) in [6, 6.07) is -0.415. The summed E-state index contributed by atoms with van der Waals surface area (Å²) in [5, 5.41) is 14.6. The Hall–Kier alpha value is -0.860. The molecule has 0 aliphatic heterocycles. The van der Waals surface area contributed by atoms with Crippen molar-refractivity contribution in [2.45, 2.75) is 44.6 Å². The lowest BCUT2D eigenvalue weighted by atomic mass is 9.83.